The summed E-state index contributed by atoms with van der Waals surface area (Å²) in [5.74, 6) is -0.872. The van der Waals surface area contributed by atoms with Crippen molar-refractivity contribution in [1.29, 1.82) is 0 Å². The molecule has 0 aliphatic rings. The number of nitrogens with zero attached hydrogens (tertiary/aromatic N) is 1. The predicted molar refractivity (Wildman–Crippen MR) is 116 cm³/mol. The second-order valence-corrected chi connectivity index (χ2v) is 9.19. The van der Waals surface area contributed by atoms with Crippen LogP contribution in [-0.2, 0) is 14.6 Å². The number of sulfone groups is 1. The lowest BCUT2D eigenvalue weighted by Crippen LogP contribution is -2.35. The van der Waals surface area contributed by atoms with Crippen LogP contribution in [0.15, 0.2) is 59.5 Å². The van der Waals surface area contributed by atoms with E-state index in [9.17, 15) is 17.6 Å². The van der Waals surface area contributed by atoms with Gasteiger partial charge in [0.1, 0.15) is 11.9 Å². The zero-order chi connectivity index (χ0) is 22.8. The lowest BCUT2D eigenvalue weighted by atomic mass is 10.1. The summed E-state index contributed by atoms with van der Waals surface area (Å²) in [4.78, 5) is 12.6. The Morgan fingerprint density at radius 3 is 2.45 bits per heavy atom. The van der Waals surface area contributed by atoms with E-state index in [0.717, 1.165) is 6.26 Å². The Labute approximate surface area is 180 Å². The molecule has 31 heavy (non-hydrogen) atoms. The van der Waals surface area contributed by atoms with Crippen LogP contribution in [0.5, 0.6) is 0 Å². The summed E-state index contributed by atoms with van der Waals surface area (Å²) in [7, 11) is -3.36. The molecule has 1 unspecified atom stereocenters. The summed E-state index contributed by atoms with van der Waals surface area (Å²) in [5.41, 5.74) is 9.18. The molecule has 1 amide bonds. The summed E-state index contributed by atoms with van der Waals surface area (Å²) in [6, 6.07) is 13.0. The van der Waals surface area contributed by atoms with Gasteiger partial charge in [-0.05, 0) is 54.4 Å². The van der Waals surface area contributed by atoms with Crippen molar-refractivity contribution in [2.45, 2.75) is 17.9 Å². The van der Waals surface area contributed by atoms with E-state index in [1.165, 1.54) is 24.3 Å². The number of hydrogen-bond donors (Lipinski definition) is 3. The molecule has 0 saturated heterocycles. The number of hydrogen-bond acceptors (Lipinski definition) is 5. The van der Waals surface area contributed by atoms with Crippen LogP contribution >= 0.6 is 0 Å². The van der Waals surface area contributed by atoms with Gasteiger partial charge in [0.2, 0.25) is 5.91 Å². The first-order chi connectivity index (χ1) is 14.6. The molecule has 0 fully saturated rings. The molecule has 1 aromatic heterocycles. The summed E-state index contributed by atoms with van der Waals surface area (Å²) >= 11 is 0. The molecular formula is C22H24FN3O4S. The van der Waals surface area contributed by atoms with Crippen molar-refractivity contribution in [2.75, 3.05) is 19.4 Å². The van der Waals surface area contributed by atoms with E-state index in [4.69, 9.17) is 10.8 Å². The Bertz CT molecular complexity index is 1200. The number of aromatic nitrogens is 1. The van der Waals surface area contributed by atoms with Gasteiger partial charge in [-0.2, -0.15) is 0 Å². The lowest BCUT2D eigenvalue weighted by Gasteiger charge is -2.14. The maximum atomic E-state index is 13.9. The largest absolute Gasteiger partial charge is 0.395 e. The van der Waals surface area contributed by atoms with E-state index in [2.05, 4.69) is 5.32 Å². The van der Waals surface area contributed by atoms with Crippen molar-refractivity contribution in [3.05, 3.63) is 71.7 Å². The molecule has 4 N–H and O–H groups in total. The average molecular weight is 446 g/mol. The number of carbonyl (C=O) groups is 1. The highest BCUT2D eigenvalue weighted by molar-refractivity contribution is 7.90. The molecule has 1 atom stereocenters. The number of carbonyl (C=O) groups excluding carboxylic acids is 1. The van der Waals surface area contributed by atoms with E-state index in [0.29, 0.717) is 28.2 Å². The van der Waals surface area contributed by atoms with Gasteiger partial charge in [0.15, 0.2) is 9.84 Å². The summed E-state index contributed by atoms with van der Waals surface area (Å²) < 4.78 is 39.3. The van der Waals surface area contributed by atoms with E-state index < -0.39 is 27.6 Å². The van der Waals surface area contributed by atoms with Crippen LogP contribution in [0.4, 0.5) is 4.39 Å². The molecule has 3 aromatic rings. The number of benzene rings is 2. The molecule has 164 valence electrons. The maximum Gasteiger partial charge on any atom is 0.241 e. The van der Waals surface area contributed by atoms with Crippen LogP contribution in [0, 0.1) is 12.7 Å². The van der Waals surface area contributed by atoms with Crippen molar-refractivity contribution in [3.63, 3.8) is 0 Å². The highest BCUT2D eigenvalue weighted by atomic mass is 32.2. The Hall–Kier alpha value is -3.01. The predicted octanol–water partition coefficient (Wildman–Crippen LogP) is 2.10. The average Bonchev–Trinajstić information content (AvgIpc) is 3.08. The summed E-state index contributed by atoms with van der Waals surface area (Å²) in [6.07, 6.45) is 1.13. The van der Waals surface area contributed by atoms with Crippen LogP contribution in [0.2, 0.25) is 0 Å². The first-order valence-corrected chi connectivity index (χ1v) is 11.5. The standard InChI is InChI=1S/C22H24FN3O4S/c1-14-19(21(24)22(28)25-10-11-27)13-20(26(14)17-5-3-4-16(23)12-17)15-6-8-18(9-7-15)31(2,29)30/h3-9,12-13,21,27H,10-11,24H2,1-2H3,(H,25,28). The zero-order valence-electron chi connectivity index (χ0n) is 17.2. The number of nitrogens with two attached hydrogens (primary N) is 1. The molecular weight excluding hydrogens is 421 g/mol. The Balaban J connectivity index is 2.16. The van der Waals surface area contributed by atoms with Gasteiger partial charge in [0, 0.05) is 24.2 Å². The van der Waals surface area contributed by atoms with Gasteiger partial charge in [0.05, 0.1) is 17.2 Å². The van der Waals surface area contributed by atoms with Crippen molar-refractivity contribution in [1.82, 2.24) is 9.88 Å². The van der Waals surface area contributed by atoms with Gasteiger partial charge in [0.25, 0.3) is 0 Å². The minimum Gasteiger partial charge on any atom is -0.395 e. The van der Waals surface area contributed by atoms with Gasteiger partial charge >= 0.3 is 0 Å². The smallest absolute Gasteiger partial charge is 0.241 e. The van der Waals surface area contributed by atoms with Crippen molar-refractivity contribution >= 4 is 15.7 Å². The van der Waals surface area contributed by atoms with Gasteiger partial charge in [-0.15, -0.1) is 0 Å². The molecule has 0 bridgehead atoms. The van der Waals surface area contributed by atoms with Crippen molar-refractivity contribution in [3.8, 4) is 16.9 Å². The normalized spacial score (nSPS) is 12.5. The molecule has 0 spiro atoms. The first kappa shape index (κ1) is 22.7. The van der Waals surface area contributed by atoms with Crippen LogP contribution in [0.1, 0.15) is 17.3 Å². The van der Waals surface area contributed by atoms with E-state index >= 15 is 0 Å². The first-order valence-electron chi connectivity index (χ1n) is 9.56. The van der Waals surface area contributed by atoms with Gasteiger partial charge < -0.3 is 20.7 Å². The monoisotopic (exact) mass is 445 g/mol. The quantitative estimate of drug-likeness (QED) is 0.515. The highest BCUT2D eigenvalue weighted by Gasteiger charge is 2.24. The van der Waals surface area contributed by atoms with E-state index in [-0.39, 0.29) is 18.0 Å². The van der Waals surface area contributed by atoms with Gasteiger partial charge in [-0.3, -0.25) is 4.79 Å². The summed E-state index contributed by atoms with van der Waals surface area (Å²) in [5, 5.41) is 11.5. The number of rotatable bonds is 7. The second-order valence-electron chi connectivity index (χ2n) is 7.17. The van der Waals surface area contributed by atoms with Crippen LogP contribution in [0.25, 0.3) is 16.9 Å². The van der Waals surface area contributed by atoms with Crippen LogP contribution in [0.3, 0.4) is 0 Å². The van der Waals surface area contributed by atoms with Gasteiger partial charge in [-0.1, -0.05) is 18.2 Å². The fourth-order valence-corrected chi connectivity index (χ4v) is 4.03. The molecule has 7 nitrogen and oxygen atoms in total. The fourth-order valence-electron chi connectivity index (χ4n) is 3.40. The third-order valence-electron chi connectivity index (χ3n) is 4.96. The van der Waals surface area contributed by atoms with Crippen LogP contribution in [-0.4, -0.2) is 43.4 Å². The molecule has 0 saturated carbocycles. The molecule has 2 aromatic carbocycles. The minimum atomic E-state index is -3.36. The minimum absolute atomic E-state index is 0.0794. The van der Waals surface area contributed by atoms with Gasteiger partial charge in [-0.25, -0.2) is 12.8 Å². The Morgan fingerprint density at radius 2 is 1.87 bits per heavy atom. The van der Waals surface area contributed by atoms with Crippen molar-refractivity contribution < 1.29 is 22.7 Å². The molecule has 1 heterocycles. The zero-order valence-corrected chi connectivity index (χ0v) is 18.0. The maximum absolute atomic E-state index is 13.9. The number of amides is 1. The Morgan fingerprint density at radius 1 is 1.19 bits per heavy atom. The van der Waals surface area contributed by atoms with Crippen molar-refractivity contribution in [2.24, 2.45) is 5.73 Å². The number of nitrogens with one attached hydrogen (secondary N) is 1. The third kappa shape index (κ3) is 4.84. The Kier molecular flexibility index (Phi) is 6.59. The van der Waals surface area contributed by atoms with Crippen LogP contribution < -0.4 is 11.1 Å². The topological polar surface area (TPSA) is 114 Å². The number of aliphatic hydroxyl groups excluding tert-OH is 1. The lowest BCUT2D eigenvalue weighted by molar-refractivity contribution is -0.122. The summed E-state index contributed by atoms with van der Waals surface area (Å²) in [6.45, 7) is 1.64. The van der Waals surface area contributed by atoms with E-state index in [1.54, 1.807) is 41.8 Å². The number of halogens is 1. The molecule has 0 radical (unpaired) electrons. The molecule has 0 aliphatic heterocycles. The third-order valence-corrected chi connectivity index (χ3v) is 6.09. The molecule has 9 heteroatoms. The second kappa shape index (κ2) is 9.01. The number of aliphatic hydroxyl groups is 1. The fraction of sp³-hybridized carbons (Fsp3) is 0.227. The van der Waals surface area contributed by atoms with E-state index in [1.807, 2.05) is 0 Å². The SMILES string of the molecule is Cc1c(C(N)C(=O)NCCO)cc(-c2ccc(S(C)(=O)=O)cc2)n1-c1cccc(F)c1. The molecule has 0 aliphatic carbocycles. The highest BCUT2D eigenvalue weighted by Crippen LogP contribution is 2.32. The molecule has 3 rings (SSSR count).